The smallest absolute Gasteiger partial charge is 0.319 e. The highest BCUT2D eigenvalue weighted by Gasteiger charge is 2.44. The molecular weight excluding hydrogens is 342 g/mol. The molecule has 6 nitrogen and oxygen atoms in total. The average Bonchev–Trinajstić information content (AvgIpc) is 3.47. The molecule has 27 heavy (non-hydrogen) atoms. The molecule has 0 heterocycles. The summed E-state index contributed by atoms with van der Waals surface area (Å²) in [5, 5.41) is 5.89. The van der Waals surface area contributed by atoms with E-state index >= 15 is 0 Å². The number of nitrogens with zero attached hydrogens (tertiary/aromatic N) is 1. The summed E-state index contributed by atoms with van der Waals surface area (Å²) in [6, 6.07) is 13.5. The molecule has 2 N–H and O–H groups in total. The third-order valence-corrected chi connectivity index (χ3v) is 5.08. The van der Waals surface area contributed by atoms with Gasteiger partial charge in [-0.3, -0.25) is 0 Å². The summed E-state index contributed by atoms with van der Waals surface area (Å²) >= 11 is 0. The maximum Gasteiger partial charge on any atom is 0.319 e. The van der Waals surface area contributed by atoms with Gasteiger partial charge in [0.2, 0.25) is 0 Å². The molecule has 2 amide bonds. The quantitative estimate of drug-likeness (QED) is 0.782. The number of methoxy groups -OCH3 is 2. The third-order valence-electron chi connectivity index (χ3n) is 5.08. The molecule has 6 heteroatoms. The minimum absolute atomic E-state index is 0.0222. The van der Waals surface area contributed by atoms with Gasteiger partial charge >= 0.3 is 6.03 Å². The first-order valence-electron chi connectivity index (χ1n) is 9.02. The lowest BCUT2D eigenvalue weighted by atomic mass is 9.95. The van der Waals surface area contributed by atoms with Crippen LogP contribution in [0.5, 0.6) is 11.5 Å². The minimum Gasteiger partial charge on any atom is -0.493 e. The standard InChI is InChI=1S/C21H27N3O3/c1-24(2)17-8-6-16(7-9-17)23-20(25)22-14-21(11-12-21)15-5-10-18(26-3)19(13-15)27-4/h5-10,13H,11-12,14H2,1-4H3,(H2,22,23,25). The van der Waals surface area contributed by atoms with Gasteiger partial charge in [0.05, 0.1) is 14.2 Å². The Morgan fingerprint density at radius 1 is 1.04 bits per heavy atom. The fourth-order valence-corrected chi connectivity index (χ4v) is 3.15. The first-order chi connectivity index (χ1) is 13.0. The van der Waals surface area contributed by atoms with Gasteiger partial charge in [-0.1, -0.05) is 6.07 Å². The SMILES string of the molecule is COc1ccc(C2(CNC(=O)Nc3ccc(N(C)C)cc3)CC2)cc1OC. The summed E-state index contributed by atoms with van der Waals surface area (Å²) in [5.41, 5.74) is 3.00. The molecule has 2 aromatic rings. The molecule has 144 valence electrons. The van der Waals surface area contributed by atoms with Crippen molar-refractivity contribution in [1.29, 1.82) is 0 Å². The number of amides is 2. The topological polar surface area (TPSA) is 62.8 Å². The van der Waals surface area contributed by atoms with Crippen LogP contribution in [0, 0.1) is 0 Å². The fraction of sp³-hybridized carbons (Fsp3) is 0.381. The molecule has 0 spiro atoms. The van der Waals surface area contributed by atoms with Crippen LogP contribution in [0.15, 0.2) is 42.5 Å². The molecule has 3 rings (SSSR count). The Morgan fingerprint density at radius 2 is 1.70 bits per heavy atom. The second-order valence-electron chi connectivity index (χ2n) is 7.10. The van der Waals surface area contributed by atoms with Crippen molar-refractivity contribution in [2.24, 2.45) is 0 Å². The van der Waals surface area contributed by atoms with Crippen molar-refractivity contribution in [3.8, 4) is 11.5 Å². The molecule has 1 fully saturated rings. The Morgan fingerprint density at radius 3 is 2.26 bits per heavy atom. The highest BCUT2D eigenvalue weighted by atomic mass is 16.5. The normalized spacial score (nSPS) is 14.2. The van der Waals surface area contributed by atoms with Crippen molar-refractivity contribution in [3.05, 3.63) is 48.0 Å². The van der Waals surface area contributed by atoms with E-state index in [0.717, 1.165) is 29.8 Å². The van der Waals surface area contributed by atoms with E-state index in [1.54, 1.807) is 14.2 Å². The fourth-order valence-electron chi connectivity index (χ4n) is 3.15. The number of hydrogen-bond acceptors (Lipinski definition) is 4. The minimum atomic E-state index is -0.195. The molecular formula is C21H27N3O3. The van der Waals surface area contributed by atoms with Crippen LogP contribution in [-0.4, -0.2) is 40.9 Å². The van der Waals surface area contributed by atoms with Crippen LogP contribution in [0.2, 0.25) is 0 Å². The van der Waals surface area contributed by atoms with Crippen molar-refractivity contribution in [3.63, 3.8) is 0 Å². The van der Waals surface area contributed by atoms with Crippen molar-refractivity contribution < 1.29 is 14.3 Å². The molecule has 0 unspecified atom stereocenters. The Kier molecular flexibility index (Phi) is 5.44. The van der Waals surface area contributed by atoms with Crippen LogP contribution in [-0.2, 0) is 5.41 Å². The number of carbonyl (C=O) groups excluding carboxylic acids is 1. The third kappa shape index (κ3) is 4.27. The Hall–Kier alpha value is -2.89. The number of ether oxygens (including phenoxy) is 2. The molecule has 1 aliphatic rings. The summed E-state index contributed by atoms with van der Waals surface area (Å²) in [5.74, 6) is 1.43. The van der Waals surface area contributed by atoms with Gasteiger partial charge in [-0.25, -0.2) is 4.79 Å². The van der Waals surface area contributed by atoms with E-state index in [1.807, 2.05) is 61.5 Å². The highest BCUT2D eigenvalue weighted by Crippen LogP contribution is 2.49. The second kappa shape index (κ2) is 7.78. The molecule has 1 saturated carbocycles. The van der Waals surface area contributed by atoms with Crippen molar-refractivity contribution in [2.75, 3.05) is 45.1 Å². The number of carbonyl (C=O) groups is 1. The Bertz CT molecular complexity index is 799. The lowest BCUT2D eigenvalue weighted by Gasteiger charge is -2.19. The number of nitrogens with one attached hydrogen (secondary N) is 2. The van der Waals surface area contributed by atoms with Crippen molar-refractivity contribution >= 4 is 17.4 Å². The van der Waals surface area contributed by atoms with Gasteiger partial charge in [0, 0.05) is 37.4 Å². The second-order valence-corrected chi connectivity index (χ2v) is 7.10. The molecule has 0 radical (unpaired) electrons. The maximum atomic E-state index is 12.3. The molecule has 0 aromatic heterocycles. The zero-order valence-electron chi connectivity index (χ0n) is 16.3. The number of anilines is 2. The molecule has 0 atom stereocenters. The van der Waals surface area contributed by atoms with Crippen LogP contribution in [0.4, 0.5) is 16.2 Å². The number of urea groups is 1. The zero-order valence-corrected chi connectivity index (χ0v) is 16.3. The number of hydrogen-bond donors (Lipinski definition) is 2. The molecule has 0 aliphatic heterocycles. The van der Waals surface area contributed by atoms with E-state index < -0.39 is 0 Å². The molecule has 2 aromatic carbocycles. The van der Waals surface area contributed by atoms with Crippen LogP contribution in [0.25, 0.3) is 0 Å². The van der Waals surface area contributed by atoms with E-state index in [9.17, 15) is 4.79 Å². The van der Waals surface area contributed by atoms with Crippen LogP contribution >= 0.6 is 0 Å². The summed E-state index contributed by atoms with van der Waals surface area (Å²) in [6.45, 7) is 0.587. The molecule has 0 saturated heterocycles. The summed E-state index contributed by atoms with van der Waals surface area (Å²) < 4.78 is 10.7. The zero-order chi connectivity index (χ0) is 19.4. The number of benzene rings is 2. The lowest BCUT2D eigenvalue weighted by molar-refractivity contribution is 0.251. The first-order valence-corrected chi connectivity index (χ1v) is 9.02. The van der Waals surface area contributed by atoms with Crippen LogP contribution in [0.1, 0.15) is 18.4 Å². The molecule has 0 bridgehead atoms. The monoisotopic (exact) mass is 369 g/mol. The average molecular weight is 369 g/mol. The van der Waals surface area contributed by atoms with Gasteiger partial charge in [0.25, 0.3) is 0 Å². The van der Waals surface area contributed by atoms with Crippen molar-refractivity contribution in [1.82, 2.24) is 5.32 Å². The Labute approximate surface area is 160 Å². The van der Waals surface area contributed by atoms with Gasteiger partial charge in [-0.15, -0.1) is 0 Å². The van der Waals surface area contributed by atoms with Crippen LogP contribution < -0.4 is 25.0 Å². The van der Waals surface area contributed by atoms with Crippen LogP contribution in [0.3, 0.4) is 0 Å². The largest absolute Gasteiger partial charge is 0.493 e. The summed E-state index contributed by atoms with van der Waals surface area (Å²) in [4.78, 5) is 14.3. The predicted octanol–water partition coefficient (Wildman–Crippen LogP) is 3.62. The van der Waals surface area contributed by atoms with Gasteiger partial charge in [-0.05, 0) is 54.8 Å². The van der Waals surface area contributed by atoms with E-state index in [0.29, 0.717) is 18.0 Å². The predicted molar refractivity (Wildman–Crippen MR) is 108 cm³/mol. The van der Waals surface area contributed by atoms with E-state index in [4.69, 9.17) is 9.47 Å². The lowest BCUT2D eigenvalue weighted by Crippen LogP contribution is -2.35. The number of rotatable bonds is 7. The van der Waals surface area contributed by atoms with Gasteiger partial charge in [-0.2, -0.15) is 0 Å². The van der Waals surface area contributed by atoms with E-state index in [2.05, 4.69) is 10.6 Å². The summed E-state index contributed by atoms with van der Waals surface area (Å²) in [7, 11) is 7.23. The first kappa shape index (κ1) is 18.9. The van der Waals surface area contributed by atoms with Gasteiger partial charge < -0.3 is 25.0 Å². The van der Waals surface area contributed by atoms with Crippen molar-refractivity contribution in [2.45, 2.75) is 18.3 Å². The van der Waals surface area contributed by atoms with E-state index in [1.165, 1.54) is 0 Å². The van der Waals surface area contributed by atoms with Gasteiger partial charge in [0.15, 0.2) is 11.5 Å². The van der Waals surface area contributed by atoms with Gasteiger partial charge in [0.1, 0.15) is 0 Å². The Balaban J connectivity index is 1.60. The highest BCUT2D eigenvalue weighted by molar-refractivity contribution is 5.89. The molecule has 1 aliphatic carbocycles. The maximum absolute atomic E-state index is 12.3. The summed E-state index contributed by atoms with van der Waals surface area (Å²) in [6.07, 6.45) is 2.08. The van der Waals surface area contributed by atoms with E-state index in [-0.39, 0.29) is 11.4 Å².